The molecule has 0 aromatic rings. The molecule has 0 aromatic carbocycles. The second-order valence-corrected chi connectivity index (χ2v) is 5.50. The molecule has 0 unspecified atom stereocenters. The van der Waals surface area contributed by atoms with Gasteiger partial charge in [0.15, 0.2) is 0 Å². The van der Waals surface area contributed by atoms with Crippen LogP contribution in [-0.2, 0) is 32.5 Å². The number of carboxylic acids is 1. The van der Waals surface area contributed by atoms with Crippen molar-refractivity contribution in [3.63, 3.8) is 0 Å². The number of rotatable bonds is 3. The molecule has 0 aliphatic carbocycles. The zero-order valence-corrected chi connectivity index (χ0v) is 11.8. The second kappa shape index (κ2) is 8.23. The van der Waals surface area contributed by atoms with Crippen LogP contribution in [0.3, 0.4) is 0 Å². The van der Waals surface area contributed by atoms with E-state index < -0.39 is 32.7 Å². The highest BCUT2D eigenvalue weighted by molar-refractivity contribution is 6.64. The number of hydrogen-bond donors (Lipinski definition) is 1. The monoisotopic (exact) mass is 280 g/mol. The van der Waals surface area contributed by atoms with Gasteiger partial charge in [-0.1, -0.05) is 0 Å². The lowest BCUT2D eigenvalue weighted by Crippen LogP contribution is -2.46. The van der Waals surface area contributed by atoms with Gasteiger partial charge >= 0.3 is 8.80 Å². The summed E-state index contributed by atoms with van der Waals surface area (Å²) in [6.45, 7) is 5.78. The fourth-order valence-electron chi connectivity index (χ4n) is 0.846. The van der Waals surface area contributed by atoms with Gasteiger partial charge in [0, 0.05) is 34.2 Å². The van der Waals surface area contributed by atoms with E-state index in [9.17, 15) is 14.4 Å². The van der Waals surface area contributed by atoms with Crippen molar-refractivity contribution in [3.05, 3.63) is 0 Å². The molecule has 0 bridgehead atoms. The molecule has 8 nitrogen and oxygen atoms in total. The zero-order chi connectivity index (χ0) is 14.9. The molecular formula is C9H16O8Si. The Kier molecular flexibility index (Phi) is 8.44. The molecule has 0 atom stereocenters. The first kappa shape index (κ1) is 18.5. The molecule has 18 heavy (non-hydrogen) atoms. The summed E-state index contributed by atoms with van der Waals surface area (Å²) in [7, 11) is -3.49. The van der Waals surface area contributed by atoms with Crippen molar-refractivity contribution >= 4 is 32.7 Å². The Labute approximate surface area is 105 Å². The number of carbonyl (C=O) groups is 4. The van der Waals surface area contributed by atoms with E-state index in [4.69, 9.17) is 9.90 Å². The van der Waals surface area contributed by atoms with Crippen LogP contribution in [0.4, 0.5) is 0 Å². The molecule has 0 radical (unpaired) electrons. The Balaban J connectivity index is 0. The maximum Gasteiger partial charge on any atom is 0.701 e. The highest BCUT2D eigenvalue weighted by Gasteiger charge is 2.45. The minimum absolute atomic E-state index is 0.665. The molecule has 0 aromatic heterocycles. The van der Waals surface area contributed by atoms with Crippen molar-refractivity contribution < 1.29 is 37.6 Å². The van der Waals surface area contributed by atoms with Crippen LogP contribution < -0.4 is 0 Å². The Morgan fingerprint density at radius 3 is 1.06 bits per heavy atom. The van der Waals surface area contributed by atoms with Gasteiger partial charge in [-0.25, -0.2) is 0 Å². The Bertz CT molecular complexity index is 293. The van der Waals surface area contributed by atoms with Gasteiger partial charge in [0.2, 0.25) is 0 Å². The van der Waals surface area contributed by atoms with Crippen LogP contribution in [0, 0.1) is 0 Å². The SMILES string of the molecule is CC(=O)O.CC(=O)O[Si](C)(OC(C)=O)OC(C)=O. The van der Waals surface area contributed by atoms with Gasteiger partial charge in [-0.05, 0) is 0 Å². The lowest BCUT2D eigenvalue weighted by Gasteiger charge is -2.22. The Morgan fingerprint density at radius 2 is 0.944 bits per heavy atom. The maximum absolute atomic E-state index is 10.7. The molecular weight excluding hydrogens is 264 g/mol. The normalized spacial score (nSPS) is 9.39. The van der Waals surface area contributed by atoms with Gasteiger partial charge in [0.25, 0.3) is 23.9 Å². The lowest BCUT2D eigenvalue weighted by molar-refractivity contribution is -0.147. The molecule has 0 fully saturated rings. The molecule has 0 amide bonds. The number of hydrogen-bond acceptors (Lipinski definition) is 7. The summed E-state index contributed by atoms with van der Waals surface area (Å²) >= 11 is 0. The van der Waals surface area contributed by atoms with Crippen LogP contribution in [0.2, 0.25) is 6.55 Å². The van der Waals surface area contributed by atoms with E-state index in [2.05, 4.69) is 13.3 Å². The third-order valence-corrected chi connectivity index (χ3v) is 2.96. The molecule has 0 spiro atoms. The molecule has 1 N–H and O–H groups in total. The van der Waals surface area contributed by atoms with E-state index in [1.807, 2.05) is 0 Å². The van der Waals surface area contributed by atoms with Gasteiger partial charge < -0.3 is 18.4 Å². The van der Waals surface area contributed by atoms with Crippen molar-refractivity contribution in [2.24, 2.45) is 0 Å². The summed E-state index contributed by atoms with van der Waals surface area (Å²) in [5.41, 5.74) is 0. The third kappa shape index (κ3) is 14.1. The van der Waals surface area contributed by atoms with E-state index in [1.165, 1.54) is 6.55 Å². The van der Waals surface area contributed by atoms with Gasteiger partial charge in [-0.3, -0.25) is 19.2 Å². The highest BCUT2D eigenvalue weighted by atomic mass is 28.4. The van der Waals surface area contributed by atoms with Crippen LogP contribution in [-0.4, -0.2) is 37.8 Å². The average molecular weight is 280 g/mol. The van der Waals surface area contributed by atoms with Gasteiger partial charge in [-0.2, -0.15) is 0 Å². The number of carbonyl (C=O) groups excluding carboxylic acids is 3. The summed E-state index contributed by atoms with van der Waals surface area (Å²) in [5, 5.41) is 7.42. The molecule has 0 saturated carbocycles. The predicted octanol–water partition coefficient (Wildman–Crippen LogP) is 0.335. The van der Waals surface area contributed by atoms with Gasteiger partial charge in [-0.15, -0.1) is 0 Å². The predicted molar refractivity (Wildman–Crippen MR) is 60.2 cm³/mol. The lowest BCUT2D eigenvalue weighted by atomic mass is 10.9. The van der Waals surface area contributed by atoms with Crippen LogP contribution in [0.5, 0.6) is 0 Å². The molecule has 0 saturated heterocycles. The summed E-state index contributed by atoms with van der Waals surface area (Å²) in [6.07, 6.45) is 0. The van der Waals surface area contributed by atoms with Crippen LogP contribution >= 0.6 is 0 Å². The fourth-order valence-corrected chi connectivity index (χ4v) is 2.54. The highest BCUT2D eigenvalue weighted by Crippen LogP contribution is 2.10. The molecule has 9 heteroatoms. The largest absolute Gasteiger partial charge is 0.701 e. The van der Waals surface area contributed by atoms with E-state index in [-0.39, 0.29) is 0 Å². The summed E-state index contributed by atoms with van der Waals surface area (Å²) in [5.74, 6) is -2.83. The maximum atomic E-state index is 10.7. The number of carboxylic acid groups (broad SMARTS) is 1. The smallest absolute Gasteiger partial charge is 0.481 e. The first-order chi connectivity index (χ1) is 7.98. The topological polar surface area (TPSA) is 116 Å². The van der Waals surface area contributed by atoms with Crippen LogP contribution in [0.25, 0.3) is 0 Å². The van der Waals surface area contributed by atoms with Crippen molar-refractivity contribution in [1.82, 2.24) is 0 Å². The van der Waals surface area contributed by atoms with Gasteiger partial charge in [0.1, 0.15) is 0 Å². The van der Waals surface area contributed by atoms with Crippen molar-refractivity contribution in [2.45, 2.75) is 34.2 Å². The first-order valence-corrected chi connectivity index (χ1v) is 6.99. The number of aliphatic carboxylic acids is 1. The van der Waals surface area contributed by atoms with E-state index >= 15 is 0 Å². The fraction of sp³-hybridized carbons (Fsp3) is 0.556. The Hall–Kier alpha value is -1.90. The van der Waals surface area contributed by atoms with Crippen molar-refractivity contribution in [1.29, 1.82) is 0 Å². The average Bonchev–Trinajstić information content (AvgIpc) is 1.94. The summed E-state index contributed by atoms with van der Waals surface area (Å²) in [4.78, 5) is 41.0. The Morgan fingerprint density at radius 1 is 0.778 bits per heavy atom. The standard InChI is InChI=1S/C7H12O6Si.C2H4O2/c1-5(8)11-14(4,12-6(2)9)13-7(3)10;1-2(3)4/h1-4H3;1H3,(H,3,4). The molecule has 0 aliphatic heterocycles. The third-order valence-electron chi connectivity index (χ3n) is 0.987. The van der Waals surface area contributed by atoms with Crippen molar-refractivity contribution in [2.75, 3.05) is 0 Å². The van der Waals surface area contributed by atoms with E-state index in [0.717, 1.165) is 27.7 Å². The van der Waals surface area contributed by atoms with E-state index in [1.54, 1.807) is 0 Å². The molecule has 0 rings (SSSR count). The minimum Gasteiger partial charge on any atom is -0.481 e. The van der Waals surface area contributed by atoms with Crippen LogP contribution in [0.1, 0.15) is 27.7 Å². The molecule has 0 heterocycles. The zero-order valence-electron chi connectivity index (χ0n) is 10.8. The summed E-state index contributed by atoms with van der Waals surface area (Å²) in [6, 6.07) is 0. The molecule has 0 aliphatic rings. The minimum atomic E-state index is -3.49. The van der Waals surface area contributed by atoms with Crippen LogP contribution in [0.15, 0.2) is 0 Å². The summed E-state index contributed by atoms with van der Waals surface area (Å²) < 4.78 is 14.0. The quantitative estimate of drug-likeness (QED) is 0.735. The second-order valence-electron chi connectivity index (χ2n) is 3.16. The molecule has 104 valence electrons. The first-order valence-electron chi connectivity index (χ1n) is 4.76. The van der Waals surface area contributed by atoms with Gasteiger partial charge in [0.05, 0.1) is 0 Å². The van der Waals surface area contributed by atoms with E-state index in [0.29, 0.717) is 0 Å². The van der Waals surface area contributed by atoms with Crippen molar-refractivity contribution in [3.8, 4) is 0 Å².